The zero-order valence-electron chi connectivity index (χ0n) is 12.4. The quantitative estimate of drug-likeness (QED) is 0.703. The second kappa shape index (κ2) is 5.95. The highest BCUT2D eigenvalue weighted by Crippen LogP contribution is 2.25. The maximum absolute atomic E-state index is 12.1. The van der Waals surface area contributed by atoms with Gasteiger partial charge in [-0.1, -0.05) is 18.2 Å². The summed E-state index contributed by atoms with van der Waals surface area (Å²) in [6.07, 6.45) is -1.05. The molecule has 0 N–H and O–H groups in total. The van der Waals surface area contributed by atoms with Crippen molar-refractivity contribution in [1.29, 1.82) is 0 Å². The van der Waals surface area contributed by atoms with Crippen LogP contribution < -0.4 is 4.74 Å². The summed E-state index contributed by atoms with van der Waals surface area (Å²) in [6, 6.07) is 13.2. The van der Waals surface area contributed by atoms with E-state index in [1.807, 2.05) is 43.5 Å². The Kier molecular flexibility index (Phi) is 3.98. The van der Waals surface area contributed by atoms with Crippen molar-refractivity contribution in [2.75, 3.05) is 6.61 Å². The van der Waals surface area contributed by atoms with Gasteiger partial charge in [-0.3, -0.25) is 4.98 Å². The molecule has 3 nitrogen and oxygen atoms in total. The molecule has 2 heterocycles. The minimum atomic E-state index is -4.35. The van der Waals surface area contributed by atoms with Gasteiger partial charge in [-0.15, -0.1) is 0 Å². The van der Waals surface area contributed by atoms with Crippen molar-refractivity contribution >= 4 is 10.9 Å². The minimum Gasteiger partial charge on any atom is -0.483 e. The predicted molar refractivity (Wildman–Crippen MR) is 81.5 cm³/mol. The van der Waals surface area contributed by atoms with Gasteiger partial charge in [-0.05, 0) is 36.6 Å². The van der Waals surface area contributed by atoms with Crippen LogP contribution >= 0.6 is 0 Å². The van der Waals surface area contributed by atoms with Crippen LogP contribution in [0.25, 0.3) is 10.9 Å². The molecule has 3 aromatic rings. The molecule has 23 heavy (non-hydrogen) atoms. The van der Waals surface area contributed by atoms with Crippen molar-refractivity contribution in [2.24, 2.45) is 0 Å². The van der Waals surface area contributed by atoms with E-state index in [1.54, 1.807) is 6.07 Å². The number of ether oxygens (including phenoxy) is 1. The Labute approximate surface area is 131 Å². The molecule has 0 bridgehead atoms. The van der Waals surface area contributed by atoms with Gasteiger partial charge in [0.25, 0.3) is 0 Å². The topological polar surface area (TPSA) is 27.1 Å². The second-order valence-corrected chi connectivity index (χ2v) is 5.28. The number of halogens is 3. The molecule has 0 amide bonds. The smallest absolute Gasteiger partial charge is 0.422 e. The van der Waals surface area contributed by atoms with Gasteiger partial charge < -0.3 is 9.30 Å². The van der Waals surface area contributed by atoms with Crippen LogP contribution in [0, 0.1) is 0 Å². The molecule has 0 unspecified atom stereocenters. The minimum absolute atomic E-state index is 0.0356. The number of nitrogens with zero attached hydrogens (tertiary/aromatic N) is 2. The normalized spacial score (nSPS) is 13.2. The predicted octanol–water partition coefficient (Wildman–Crippen LogP) is 4.59. The molecule has 2 aromatic heterocycles. The SMILES string of the molecule is C[C@H](c1ccc(OCC(F)(F)F)cn1)n1ccc2ccccc21. The summed E-state index contributed by atoms with van der Waals surface area (Å²) >= 11 is 0. The summed E-state index contributed by atoms with van der Waals surface area (Å²) in [6.45, 7) is 0.677. The van der Waals surface area contributed by atoms with E-state index in [9.17, 15) is 13.2 Å². The molecule has 0 fully saturated rings. The lowest BCUT2D eigenvalue weighted by atomic mass is 10.2. The molecule has 0 spiro atoms. The number of hydrogen-bond donors (Lipinski definition) is 0. The fourth-order valence-corrected chi connectivity index (χ4v) is 2.47. The highest BCUT2D eigenvalue weighted by Gasteiger charge is 2.28. The summed E-state index contributed by atoms with van der Waals surface area (Å²) in [5, 5.41) is 1.13. The molecule has 3 rings (SSSR count). The third kappa shape index (κ3) is 3.47. The average molecular weight is 320 g/mol. The van der Waals surface area contributed by atoms with Crippen LogP contribution in [0.2, 0.25) is 0 Å². The summed E-state index contributed by atoms with van der Waals surface area (Å²) < 4.78 is 43.2. The Morgan fingerprint density at radius 1 is 1.13 bits per heavy atom. The lowest BCUT2D eigenvalue weighted by Crippen LogP contribution is -2.19. The Balaban J connectivity index is 1.79. The monoisotopic (exact) mass is 320 g/mol. The zero-order valence-corrected chi connectivity index (χ0v) is 12.4. The van der Waals surface area contributed by atoms with Crippen LogP contribution in [-0.4, -0.2) is 22.3 Å². The number of hydrogen-bond acceptors (Lipinski definition) is 2. The molecule has 120 valence electrons. The lowest BCUT2D eigenvalue weighted by Gasteiger charge is -2.15. The largest absolute Gasteiger partial charge is 0.483 e. The number of fused-ring (bicyclic) bond motifs is 1. The summed E-state index contributed by atoms with van der Waals surface area (Å²) in [5.74, 6) is 0.107. The van der Waals surface area contributed by atoms with E-state index in [-0.39, 0.29) is 11.8 Å². The van der Waals surface area contributed by atoms with Gasteiger partial charge in [0.2, 0.25) is 0 Å². The molecular weight excluding hydrogens is 305 g/mol. The standard InChI is InChI=1S/C17H15F3N2O/c1-12(22-9-8-13-4-2-3-5-16(13)22)15-7-6-14(10-21-15)23-11-17(18,19)20/h2-10,12H,11H2,1H3/t12-/m1/s1. The molecule has 1 atom stereocenters. The second-order valence-electron chi connectivity index (χ2n) is 5.28. The van der Waals surface area contributed by atoms with Crippen molar-refractivity contribution < 1.29 is 17.9 Å². The average Bonchev–Trinajstić information content (AvgIpc) is 2.96. The molecule has 0 aliphatic heterocycles. The van der Waals surface area contributed by atoms with Gasteiger partial charge in [0.1, 0.15) is 5.75 Å². The summed E-state index contributed by atoms with van der Waals surface area (Å²) in [5.41, 5.74) is 1.84. The van der Waals surface area contributed by atoms with Gasteiger partial charge >= 0.3 is 6.18 Å². The van der Waals surface area contributed by atoms with Crippen LogP contribution in [-0.2, 0) is 0 Å². The number of alkyl halides is 3. The third-order valence-corrected chi connectivity index (χ3v) is 3.64. The van der Waals surface area contributed by atoms with Gasteiger partial charge in [-0.2, -0.15) is 13.2 Å². The van der Waals surface area contributed by atoms with Crippen LogP contribution in [0.4, 0.5) is 13.2 Å². The maximum atomic E-state index is 12.1. The molecule has 1 aromatic carbocycles. The molecule has 0 saturated carbocycles. The lowest BCUT2D eigenvalue weighted by molar-refractivity contribution is -0.153. The summed E-state index contributed by atoms with van der Waals surface area (Å²) in [4.78, 5) is 4.23. The number of aromatic nitrogens is 2. The van der Waals surface area contributed by atoms with Crippen molar-refractivity contribution in [2.45, 2.75) is 19.1 Å². The van der Waals surface area contributed by atoms with E-state index in [1.165, 1.54) is 12.3 Å². The maximum Gasteiger partial charge on any atom is 0.422 e. The highest BCUT2D eigenvalue weighted by molar-refractivity contribution is 5.80. The molecule has 0 aliphatic carbocycles. The first-order chi connectivity index (χ1) is 10.9. The van der Waals surface area contributed by atoms with Crippen LogP contribution in [0.3, 0.4) is 0 Å². The van der Waals surface area contributed by atoms with Crippen LogP contribution in [0.15, 0.2) is 54.9 Å². The molecule has 0 saturated heterocycles. The van der Waals surface area contributed by atoms with E-state index in [2.05, 4.69) is 14.3 Å². The van der Waals surface area contributed by atoms with E-state index in [4.69, 9.17) is 0 Å². The van der Waals surface area contributed by atoms with Crippen LogP contribution in [0.1, 0.15) is 18.7 Å². The van der Waals surface area contributed by atoms with E-state index in [0.717, 1.165) is 16.6 Å². The Bertz CT molecular complexity index is 793. The van der Waals surface area contributed by atoms with Crippen LogP contribution in [0.5, 0.6) is 5.75 Å². The molecule has 6 heteroatoms. The number of pyridine rings is 1. The fraction of sp³-hybridized carbons (Fsp3) is 0.235. The number of benzene rings is 1. The van der Waals surface area contributed by atoms with Crippen molar-refractivity contribution in [3.8, 4) is 5.75 Å². The fourth-order valence-electron chi connectivity index (χ4n) is 2.47. The number of para-hydroxylation sites is 1. The molecule has 0 radical (unpaired) electrons. The Hall–Kier alpha value is -2.50. The first kappa shape index (κ1) is 15.4. The number of rotatable bonds is 4. The highest BCUT2D eigenvalue weighted by atomic mass is 19.4. The Morgan fingerprint density at radius 2 is 1.91 bits per heavy atom. The third-order valence-electron chi connectivity index (χ3n) is 3.64. The first-order valence-electron chi connectivity index (χ1n) is 7.15. The Morgan fingerprint density at radius 3 is 2.61 bits per heavy atom. The summed E-state index contributed by atoms with van der Waals surface area (Å²) in [7, 11) is 0. The van der Waals surface area contributed by atoms with E-state index < -0.39 is 12.8 Å². The first-order valence-corrected chi connectivity index (χ1v) is 7.15. The van der Waals surface area contributed by atoms with Gasteiger partial charge in [0.15, 0.2) is 6.61 Å². The van der Waals surface area contributed by atoms with Crippen molar-refractivity contribution in [3.63, 3.8) is 0 Å². The zero-order chi connectivity index (χ0) is 16.4. The van der Waals surface area contributed by atoms with E-state index >= 15 is 0 Å². The van der Waals surface area contributed by atoms with Gasteiger partial charge in [-0.25, -0.2) is 0 Å². The van der Waals surface area contributed by atoms with Crippen molar-refractivity contribution in [3.05, 3.63) is 60.6 Å². The molecular formula is C17H15F3N2O. The van der Waals surface area contributed by atoms with Gasteiger partial charge in [0, 0.05) is 11.7 Å². The van der Waals surface area contributed by atoms with Gasteiger partial charge in [0.05, 0.1) is 17.9 Å². The molecule has 0 aliphatic rings. The van der Waals surface area contributed by atoms with Crippen molar-refractivity contribution in [1.82, 2.24) is 9.55 Å². The van der Waals surface area contributed by atoms with E-state index in [0.29, 0.717) is 0 Å².